The fourth-order valence-electron chi connectivity index (χ4n) is 1.30. The molecule has 1 aromatic carbocycles. The molecule has 0 spiro atoms. The number of hydrogen-bond acceptors (Lipinski definition) is 2. The molecular weight excluding hydrogens is 235 g/mol. The summed E-state index contributed by atoms with van der Waals surface area (Å²) in [6, 6.07) is 3.77. The van der Waals surface area contributed by atoms with E-state index >= 15 is 0 Å². The van der Waals surface area contributed by atoms with Crippen molar-refractivity contribution in [2.24, 2.45) is 0 Å². The van der Waals surface area contributed by atoms with Crippen molar-refractivity contribution >= 4 is 29.2 Å². The molecule has 0 amide bonds. The number of ether oxygens (including phenoxy) is 1. The zero-order valence-corrected chi connectivity index (χ0v) is 10.2. The maximum atomic E-state index is 11.2. The summed E-state index contributed by atoms with van der Waals surface area (Å²) in [5, 5.41) is 0.565. The van der Waals surface area contributed by atoms with Gasteiger partial charge < -0.3 is 4.74 Å². The minimum Gasteiger partial charge on any atom is -0.469 e. The van der Waals surface area contributed by atoms with Crippen LogP contribution in [0.25, 0.3) is 0 Å². The van der Waals surface area contributed by atoms with Crippen molar-refractivity contribution < 1.29 is 9.53 Å². The van der Waals surface area contributed by atoms with Gasteiger partial charge in [0.2, 0.25) is 0 Å². The molecule has 0 N–H and O–H groups in total. The van der Waals surface area contributed by atoms with E-state index < -0.39 is 0 Å². The van der Waals surface area contributed by atoms with Gasteiger partial charge in [-0.1, -0.05) is 23.7 Å². The highest BCUT2D eigenvalue weighted by atomic mass is 35.5. The molecule has 0 aliphatic heterocycles. The fraction of sp³-hybridized carbons (Fsp3) is 0.364. The van der Waals surface area contributed by atoms with Crippen LogP contribution >= 0.6 is 23.2 Å². The minimum atomic E-state index is -0.299. The molecule has 0 saturated heterocycles. The normalized spacial score (nSPS) is 10.1. The second kappa shape index (κ2) is 5.38. The first-order chi connectivity index (χ1) is 7.10. The van der Waals surface area contributed by atoms with Gasteiger partial charge in [0.1, 0.15) is 0 Å². The molecule has 82 valence electrons. The lowest BCUT2D eigenvalue weighted by Gasteiger charge is -2.10. The molecule has 0 aliphatic carbocycles. The Balaban J connectivity index is 3.09. The highest BCUT2D eigenvalue weighted by Gasteiger charge is 2.12. The van der Waals surface area contributed by atoms with Crippen LogP contribution in [0.15, 0.2) is 12.1 Å². The molecule has 0 aromatic heterocycles. The third kappa shape index (κ3) is 2.86. The molecule has 1 rings (SSSR count). The summed E-state index contributed by atoms with van der Waals surface area (Å²) in [4.78, 5) is 11.2. The molecule has 0 saturated carbocycles. The highest BCUT2D eigenvalue weighted by Crippen LogP contribution is 2.26. The Bertz CT molecular complexity index is 375. The van der Waals surface area contributed by atoms with Crippen LogP contribution < -0.4 is 0 Å². The number of rotatable bonds is 3. The molecule has 0 aliphatic rings. The monoisotopic (exact) mass is 246 g/mol. The SMILES string of the molecule is COC(=O)Cc1c(C)ccc(CCl)c1Cl. The molecular formula is C11H12Cl2O2. The largest absolute Gasteiger partial charge is 0.469 e. The van der Waals surface area contributed by atoms with E-state index in [9.17, 15) is 4.79 Å². The summed E-state index contributed by atoms with van der Waals surface area (Å²) in [6.45, 7) is 1.90. The number of hydrogen-bond donors (Lipinski definition) is 0. The van der Waals surface area contributed by atoms with E-state index in [1.54, 1.807) is 0 Å². The summed E-state index contributed by atoms with van der Waals surface area (Å²) < 4.78 is 4.61. The topological polar surface area (TPSA) is 26.3 Å². The Hall–Kier alpha value is -0.730. The zero-order chi connectivity index (χ0) is 11.4. The standard InChI is InChI=1S/C11H12Cl2O2/c1-7-3-4-8(6-12)11(13)9(7)5-10(14)15-2/h3-4H,5-6H2,1-2H3. The van der Waals surface area contributed by atoms with Gasteiger partial charge in [-0.3, -0.25) is 4.79 Å². The third-order valence-electron chi connectivity index (χ3n) is 2.25. The van der Waals surface area contributed by atoms with Gasteiger partial charge in [0, 0.05) is 10.9 Å². The molecule has 0 bridgehead atoms. The maximum Gasteiger partial charge on any atom is 0.310 e. The lowest BCUT2D eigenvalue weighted by molar-refractivity contribution is -0.139. The van der Waals surface area contributed by atoms with Gasteiger partial charge in [-0.25, -0.2) is 0 Å². The van der Waals surface area contributed by atoms with Gasteiger partial charge in [-0.2, -0.15) is 0 Å². The summed E-state index contributed by atoms with van der Waals surface area (Å²) >= 11 is 11.8. The number of methoxy groups -OCH3 is 1. The molecule has 0 heterocycles. The van der Waals surface area contributed by atoms with E-state index in [1.807, 2.05) is 19.1 Å². The van der Waals surface area contributed by atoms with E-state index in [0.29, 0.717) is 10.9 Å². The van der Waals surface area contributed by atoms with Crippen molar-refractivity contribution in [1.82, 2.24) is 0 Å². The smallest absolute Gasteiger partial charge is 0.310 e. The first kappa shape index (κ1) is 12.3. The molecule has 4 heteroatoms. The Morgan fingerprint density at radius 2 is 2.13 bits per heavy atom. The number of halogens is 2. The van der Waals surface area contributed by atoms with Gasteiger partial charge in [0.25, 0.3) is 0 Å². The van der Waals surface area contributed by atoms with Crippen molar-refractivity contribution in [2.75, 3.05) is 7.11 Å². The molecule has 1 aromatic rings. The molecule has 15 heavy (non-hydrogen) atoms. The van der Waals surface area contributed by atoms with E-state index in [2.05, 4.69) is 4.74 Å². The average molecular weight is 247 g/mol. The molecule has 2 nitrogen and oxygen atoms in total. The fourth-order valence-corrected chi connectivity index (χ4v) is 1.94. The van der Waals surface area contributed by atoms with Crippen LogP contribution in [0.3, 0.4) is 0 Å². The highest BCUT2D eigenvalue weighted by molar-refractivity contribution is 6.33. The van der Waals surface area contributed by atoms with Crippen molar-refractivity contribution in [3.63, 3.8) is 0 Å². The second-order valence-electron chi connectivity index (χ2n) is 3.22. The predicted octanol–water partition coefficient (Wildman–Crippen LogP) is 3.10. The van der Waals surface area contributed by atoms with Crippen molar-refractivity contribution in [1.29, 1.82) is 0 Å². The van der Waals surface area contributed by atoms with Crippen molar-refractivity contribution in [2.45, 2.75) is 19.2 Å². The van der Waals surface area contributed by atoms with Gasteiger partial charge in [-0.05, 0) is 23.6 Å². The van der Waals surface area contributed by atoms with Crippen LogP contribution in [-0.4, -0.2) is 13.1 Å². The first-order valence-electron chi connectivity index (χ1n) is 4.49. The van der Waals surface area contributed by atoms with E-state index in [-0.39, 0.29) is 12.4 Å². The maximum absolute atomic E-state index is 11.2. The Morgan fingerprint density at radius 1 is 1.47 bits per heavy atom. The van der Waals surface area contributed by atoms with Crippen LogP contribution in [0.1, 0.15) is 16.7 Å². The Morgan fingerprint density at radius 3 is 2.67 bits per heavy atom. The van der Waals surface area contributed by atoms with Crippen LogP contribution in [0, 0.1) is 6.92 Å². The van der Waals surface area contributed by atoms with Crippen LogP contribution in [-0.2, 0) is 21.8 Å². The van der Waals surface area contributed by atoms with Crippen molar-refractivity contribution in [3.05, 3.63) is 33.8 Å². The van der Waals surface area contributed by atoms with Crippen LogP contribution in [0.4, 0.5) is 0 Å². The molecule has 0 fully saturated rings. The second-order valence-corrected chi connectivity index (χ2v) is 3.87. The lowest BCUT2D eigenvalue weighted by Crippen LogP contribution is -2.07. The van der Waals surface area contributed by atoms with E-state index in [0.717, 1.165) is 16.7 Å². The number of aryl methyl sites for hydroxylation is 1. The third-order valence-corrected chi connectivity index (χ3v) is 3.01. The summed E-state index contributed by atoms with van der Waals surface area (Å²) in [5.41, 5.74) is 2.60. The average Bonchev–Trinajstić information content (AvgIpc) is 2.24. The Kier molecular flexibility index (Phi) is 4.43. The lowest BCUT2D eigenvalue weighted by atomic mass is 10.0. The summed E-state index contributed by atoms with van der Waals surface area (Å²) in [7, 11) is 1.36. The Labute approximate surface area is 99.1 Å². The van der Waals surface area contributed by atoms with E-state index in [1.165, 1.54) is 7.11 Å². The van der Waals surface area contributed by atoms with Gasteiger partial charge in [0.15, 0.2) is 0 Å². The summed E-state index contributed by atoms with van der Waals surface area (Å²) in [5.74, 6) is 0.0412. The van der Waals surface area contributed by atoms with E-state index in [4.69, 9.17) is 23.2 Å². The number of carbonyl (C=O) groups is 1. The minimum absolute atomic E-state index is 0.186. The first-order valence-corrected chi connectivity index (χ1v) is 5.41. The van der Waals surface area contributed by atoms with Gasteiger partial charge in [0.05, 0.1) is 13.5 Å². The van der Waals surface area contributed by atoms with Gasteiger partial charge in [-0.15, -0.1) is 11.6 Å². The number of benzene rings is 1. The predicted molar refractivity (Wildman–Crippen MR) is 61.5 cm³/mol. The number of alkyl halides is 1. The zero-order valence-electron chi connectivity index (χ0n) is 8.64. The van der Waals surface area contributed by atoms with Crippen LogP contribution in [0.5, 0.6) is 0 Å². The number of carbonyl (C=O) groups excluding carboxylic acids is 1. The molecule has 0 atom stereocenters. The van der Waals surface area contributed by atoms with Gasteiger partial charge >= 0.3 is 5.97 Å². The molecule has 0 unspecified atom stereocenters. The summed E-state index contributed by atoms with van der Waals surface area (Å²) in [6.07, 6.45) is 0.186. The number of esters is 1. The molecule has 0 radical (unpaired) electrons. The van der Waals surface area contributed by atoms with Crippen LogP contribution in [0.2, 0.25) is 5.02 Å². The van der Waals surface area contributed by atoms with Crippen molar-refractivity contribution in [3.8, 4) is 0 Å². The quantitative estimate of drug-likeness (QED) is 0.606.